The lowest BCUT2D eigenvalue weighted by Crippen LogP contribution is -2.11. The molecule has 0 aliphatic carbocycles. The van der Waals surface area contributed by atoms with E-state index in [-0.39, 0.29) is 6.61 Å². The molecule has 0 saturated heterocycles. The summed E-state index contributed by atoms with van der Waals surface area (Å²) in [7, 11) is 0. The summed E-state index contributed by atoms with van der Waals surface area (Å²) in [6.07, 6.45) is 52.2. The molecule has 4 heteroatoms. The van der Waals surface area contributed by atoms with Gasteiger partial charge in [-0.2, -0.15) is 0 Å². The highest BCUT2D eigenvalue weighted by atomic mass is 16.5. The third-order valence-electron chi connectivity index (χ3n) is 10.1. The number of rotatable bonds is 45. The van der Waals surface area contributed by atoms with E-state index in [1.165, 1.54) is 231 Å². The first-order chi connectivity index (χ1) is 23.9. The smallest absolute Gasteiger partial charge is 0.0701 e. The van der Waals surface area contributed by atoms with E-state index in [0.29, 0.717) is 33.0 Å². The van der Waals surface area contributed by atoms with Gasteiger partial charge in [0, 0.05) is 6.61 Å². The first-order valence-corrected chi connectivity index (χ1v) is 22.3. The van der Waals surface area contributed by atoms with Gasteiger partial charge >= 0.3 is 0 Å². The Balaban J connectivity index is 3.04. The molecular formula is C44H90O4. The molecule has 0 radical (unpaired) electrons. The average Bonchev–Trinajstić information content (AvgIpc) is 3.10. The molecule has 0 heterocycles. The fourth-order valence-corrected chi connectivity index (χ4v) is 6.89. The van der Waals surface area contributed by atoms with Crippen molar-refractivity contribution in [3.05, 3.63) is 0 Å². The van der Waals surface area contributed by atoms with Crippen molar-refractivity contribution in [3.8, 4) is 0 Å². The zero-order chi connectivity index (χ0) is 34.5. The number of aliphatic hydroxyl groups is 1. The largest absolute Gasteiger partial charge is 0.394 e. The molecule has 0 aliphatic heterocycles. The van der Waals surface area contributed by atoms with Crippen LogP contribution in [-0.4, -0.2) is 51.4 Å². The number of unbranched alkanes of at least 4 members (excludes halogenated alkanes) is 35. The molecule has 1 N–H and O–H groups in total. The highest BCUT2D eigenvalue weighted by Gasteiger charge is 1.98. The molecule has 0 unspecified atom stereocenters. The summed E-state index contributed by atoms with van der Waals surface area (Å²) in [5.74, 6) is 0. The van der Waals surface area contributed by atoms with Crippen molar-refractivity contribution in [2.24, 2.45) is 0 Å². The maximum atomic E-state index is 8.62. The van der Waals surface area contributed by atoms with E-state index in [0.717, 1.165) is 6.61 Å². The lowest BCUT2D eigenvalue weighted by molar-refractivity contribution is 0.00719. The van der Waals surface area contributed by atoms with Crippen LogP contribution in [0.25, 0.3) is 0 Å². The molecule has 0 aliphatic rings. The number of hydrogen-bond donors (Lipinski definition) is 1. The summed E-state index contributed by atoms with van der Waals surface area (Å²) in [4.78, 5) is 0. The monoisotopic (exact) mass is 683 g/mol. The Morgan fingerprint density at radius 3 is 0.646 bits per heavy atom. The van der Waals surface area contributed by atoms with Gasteiger partial charge in [-0.05, 0) is 6.42 Å². The van der Waals surface area contributed by atoms with Gasteiger partial charge in [-0.1, -0.05) is 232 Å². The molecule has 0 aromatic carbocycles. The molecule has 0 aromatic heterocycles. The summed E-state index contributed by atoms with van der Waals surface area (Å²) in [5, 5.41) is 8.62. The molecule has 0 spiro atoms. The van der Waals surface area contributed by atoms with Gasteiger partial charge in [-0.25, -0.2) is 0 Å². The van der Waals surface area contributed by atoms with Crippen molar-refractivity contribution in [2.75, 3.05) is 46.2 Å². The molecule has 48 heavy (non-hydrogen) atoms. The molecule has 0 amide bonds. The van der Waals surface area contributed by atoms with Crippen molar-refractivity contribution in [1.29, 1.82) is 0 Å². The van der Waals surface area contributed by atoms with Crippen LogP contribution in [0, 0.1) is 0 Å². The van der Waals surface area contributed by atoms with Crippen molar-refractivity contribution < 1.29 is 19.3 Å². The minimum Gasteiger partial charge on any atom is -0.394 e. The van der Waals surface area contributed by atoms with Gasteiger partial charge in [0.1, 0.15) is 0 Å². The van der Waals surface area contributed by atoms with E-state index in [1.54, 1.807) is 0 Å². The molecule has 0 atom stereocenters. The highest BCUT2D eigenvalue weighted by Crippen LogP contribution is 2.17. The molecule has 0 rings (SSSR count). The van der Waals surface area contributed by atoms with Crippen molar-refractivity contribution in [2.45, 2.75) is 238 Å². The third-order valence-corrected chi connectivity index (χ3v) is 10.1. The molecular weight excluding hydrogens is 592 g/mol. The zero-order valence-corrected chi connectivity index (χ0v) is 33.1. The summed E-state index contributed by atoms with van der Waals surface area (Å²) < 4.78 is 16.2. The number of aliphatic hydroxyl groups excluding tert-OH is 1. The molecule has 4 nitrogen and oxygen atoms in total. The lowest BCUT2D eigenvalue weighted by Gasteiger charge is -2.06. The molecule has 0 aromatic rings. The second-order valence-electron chi connectivity index (χ2n) is 14.9. The van der Waals surface area contributed by atoms with E-state index < -0.39 is 0 Å². The quantitative estimate of drug-likeness (QED) is 0.0649. The SMILES string of the molecule is CCCCCCCCCCCCCCCCCCCCCCCCCCCCCCCCCCCCCCOCCOCCOCCO. The van der Waals surface area contributed by atoms with Crippen LogP contribution in [0.1, 0.15) is 238 Å². The summed E-state index contributed by atoms with van der Waals surface area (Å²) in [6, 6.07) is 0. The van der Waals surface area contributed by atoms with Crippen LogP contribution in [0.5, 0.6) is 0 Å². The Morgan fingerprint density at radius 1 is 0.229 bits per heavy atom. The van der Waals surface area contributed by atoms with Crippen LogP contribution in [0.4, 0.5) is 0 Å². The molecule has 290 valence electrons. The van der Waals surface area contributed by atoms with E-state index in [1.807, 2.05) is 0 Å². The van der Waals surface area contributed by atoms with Gasteiger partial charge in [-0.3, -0.25) is 0 Å². The summed E-state index contributed by atoms with van der Waals surface area (Å²) in [6.45, 7) is 6.03. The fourth-order valence-electron chi connectivity index (χ4n) is 6.89. The first-order valence-electron chi connectivity index (χ1n) is 22.3. The van der Waals surface area contributed by atoms with E-state index in [4.69, 9.17) is 19.3 Å². The van der Waals surface area contributed by atoms with Gasteiger partial charge in [0.15, 0.2) is 0 Å². The number of ether oxygens (including phenoxy) is 3. The highest BCUT2D eigenvalue weighted by molar-refractivity contribution is 4.53. The van der Waals surface area contributed by atoms with Gasteiger partial charge in [-0.15, -0.1) is 0 Å². The van der Waals surface area contributed by atoms with Gasteiger partial charge < -0.3 is 19.3 Å². The maximum Gasteiger partial charge on any atom is 0.0701 e. The van der Waals surface area contributed by atoms with E-state index >= 15 is 0 Å². The average molecular weight is 683 g/mol. The standard InChI is InChI=1S/C44H90O4/c1-2-3-4-5-6-7-8-9-10-11-12-13-14-15-16-17-18-19-20-21-22-23-24-25-26-27-28-29-30-31-32-33-34-35-36-37-39-46-41-43-48-44-42-47-40-38-45/h45H,2-44H2,1H3. The first kappa shape index (κ1) is 47.8. The summed E-state index contributed by atoms with van der Waals surface area (Å²) in [5.41, 5.74) is 0. The Kier molecular flexibility index (Phi) is 46.7. The summed E-state index contributed by atoms with van der Waals surface area (Å²) >= 11 is 0. The fraction of sp³-hybridized carbons (Fsp3) is 1.00. The predicted octanol–water partition coefficient (Wildman–Crippen LogP) is 14.1. The third kappa shape index (κ3) is 45.8. The van der Waals surface area contributed by atoms with Gasteiger partial charge in [0.05, 0.1) is 39.6 Å². The molecule has 0 saturated carbocycles. The van der Waals surface area contributed by atoms with Gasteiger partial charge in [0.2, 0.25) is 0 Å². The predicted molar refractivity (Wildman–Crippen MR) is 211 cm³/mol. The van der Waals surface area contributed by atoms with Crippen LogP contribution >= 0.6 is 0 Å². The lowest BCUT2D eigenvalue weighted by atomic mass is 10.0. The van der Waals surface area contributed by atoms with Crippen LogP contribution in [0.15, 0.2) is 0 Å². The molecule has 0 bridgehead atoms. The Hall–Kier alpha value is -0.160. The normalized spacial score (nSPS) is 11.6. The Bertz CT molecular complexity index is 482. The zero-order valence-electron chi connectivity index (χ0n) is 33.1. The van der Waals surface area contributed by atoms with Crippen molar-refractivity contribution >= 4 is 0 Å². The van der Waals surface area contributed by atoms with Gasteiger partial charge in [0.25, 0.3) is 0 Å². The van der Waals surface area contributed by atoms with Crippen LogP contribution in [0.3, 0.4) is 0 Å². The second kappa shape index (κ2) is 46.8. The molecule has 0 fully saturated rings. The minimum absolute atomic E-state index is 0.0723. The van der Waals surface area contributed by atoms with E-state index in [9.17, 15) is 0 Å². The Labute approximate surface area is 303 Å². The van der Waals surface area contributed by atoms with Crippen LogP contribution in [-0.2, 0) is 14.2 Å². The second-order valence-corrected chi connectivity index (χ2v) is 14.9. The van der Waals surface area contributed by atoms with E-state index in [2.05, 4.69) is 6.92 Å². The van der Waals surface area contributed by atoms with Crippen molar-refractivity contribution in [3.63, 3.8) is 0 Å². The maximum absolute atomic E-state index is 8.62. The van der Waals surface area contributed by atoms with Crippen LogP contribution in [0.2, 0.25) is 0 Å². The topological polar surface area (TPSA) is 47.9 Å². The van der Waals surface area contributed by atoms with Crippen LogP contribution < -0.4 is 0 Å². The number of hydrogen-bond acceptors (Lipinski definition) is 4. The van der Waals surface area contributed by atoms with Crippen molar-refractivity contribution in [1.82, 2.24) is 0 Å². The Morgan fingerprint density at radius 2 is 0.417 bits per heavy atom. The minimum atomic E-state index is 0.0723.